The number of aliphatic hydroxyl groups excluding tert-OH is 7. The Kier molecular flexibility index (Phi) is 56.0. The Hall–Kier alpha value is -1.15. The molecule has 80 heavy (non-hydrogen) atoms. The summed E-state index contributed by atoms with van der Waals surface area (Å²) in [5, 5.41) is 76.5. The van der Waals surface area contributed by atoms with Crippen molar-refractivity contribution in [3.8, 4) is 0 Å². The first-order valence-electron chi connectivity index (χ1n) is 35.1. The summed E-state index contributed by atoms with van der Waals surface area (Å²) in [4.78, 5) is 13.2. The van der Waals surface area contributed by atoms with Crippen molar-refractivity contribution < 1.29 is 50.0 Å². The standard InChI is InChI=1S/C69H135NO10/c1-3-5-7-9-11-13-15-17-19-21-23-25-26-27-28-29-30-31-32-33-34-35-37-39-41-43-45-47-49-51-53-55-57-62(73)68(78)70-60(59-79-69-67(77)66(76)65(75)63(58-71)80-69)64(74)61(72)56-54-52-50-48-46-44-42-40-38-36-24-22-20-18-16-14-12-10-8-6-4-2/h27-28,60-67,69,71-77H,3-26,29-59H2,1-2H3,(H,70,78)/b28-27-. The molecule has 0 aliphatic carbocycles. The smallest absolute Gasteiger partial charge is 0.249 e. The number of aliphatic hydroxyl groups is 7. The maximum absolute atomic E-state index is 13.2. The minimum atomic E-state index is -1.66. The van der Waals surface area contributed by atoms with Crippen LogP contribution in [0, 0.1) is 0 Å². The van der Waals surface area contributed by atoms with Gasteiger partial charge in [-0.1, -0.05) is 328 Å². The van der Waals surface area contributed by atoms with Gasteiger partial charge < -0.3 is 50.5 Å². The molecule has 9 unspecified atom stereocenters. The zero-order valence-electron chi connectivity index (χ0n) is 52.6. The molecule has 11 heteroatoms. The minimum absolute atomic E-state index is 0.265. The molecule has 8 N–H and O–H groups in total. The molecule has 1 amide bonds. The largest absolute Gasteiger partial charge is 0.394 e. The van der Waals surface area contributed by atoms with Crippen LogP contribution in [-0.4, -0.2) is 110 Å². The van der Waals surface area contributed by atoms with Crippen LogP contribution in [0.1, 0.15) is 354 Å². The third-order valence-corrected chi connectivity index (χ3v) is 17.3. The average Bonchev–Trinajstić information content (AvgIpc) is 3.46. The highest BCUT2D eigenvalue weighted by Gasteiger charge is 2.44. The Balaban J connectivity index is 2.17. The molecule has 1 heterocycles. The van der Waals surface area contributed by atoms with Gasteiger partial charge in [-0.3, -0.25) is 4.79 Å². The fraction of sp³-hybridized carbons (Fsp3) is 0.957. The van der Waals surface area contributed by atoms with E-state index >= 15 is 0 Å². The van der Waals surface area contributed by atoms with Gasteiger partial charge in [-0.05, 0) is 38.5 Å². The second-order valence-electron chi connectivity index (χ2n) is 25.0. The summed E-state index contributed by atoms with van der Waals surface area (Å²) in [6, 6.07) is -1.17. The van der Waals surface area contributed by atoms with Gasteiger partial charge >= 0.3 is 0 Å². The number of hydrogen-bond acceptors (Lipinski definition) is 10. The van der Waals surface area contributed by atoms with Gasteiger partial charge in [0.25, 0.3) is 0 Å². The molecular formula is C69H135NO10. The van der Waals surface area contributed by atoms with E-state index in [4.69, 9.17) is 9.47 Å². The lowest BCUT2D eigenvalue weighted by Crippen LogP contribution is -2.60. The van der Waals surface area contributed by atoms with Crippen molar-refractivity contribution in [2.24, 2.45) is 0 Å². The first-order valence-corrected chi connectivity index (χ1v) is 35.1. The Morgan fingerprint density at radius 2 is 0.725 bits per heavy atom. The van der Waals surface area contributed by atoms with Crippen LogP contribution in [0.5, 0.6) is 0 Å². The number of allylic oxidation sites excluding steroid dienone is 2. The number of carbonyl (C=O) groups is 1. The molecule has 0 radical (unpaired) electrons. The quantitative estimate of drug-likeness (QED) is 0.0215. The van der Waals surface area contributed by atoms with Gasteiger partial charge in [0, 0.05) is 0 Å². The molecule has 0 bridgehead atoms. The first-order chi connectivity index (χ1) is 39.2. The fourth-order valence-electron chi connectivity index (χ4n) is 11.7. The third-order valence-electron chi connectivity index (χ3n) is 17.3. The number of nitrogens with one attached hydrogen (secondary N) is 1. The summed E-state index contributed by atoms with van der Waals surface area (Å²) in [5.74, 6) is -0.689. The highest BCUT2D eigenvalue weighted by atomic mass is 16.7. The number of amides is 1. The van der Waals surface area contributed by atoms with Gasteiger partial charge in [-0.2, -0.15) is 0 Å². The van der Waals surface area contributed by atoms with Crippen molar-refractivity contribution in [1.82, 2.24) is 5.32 Å². The summed E-state index contributed by atoms with van der Waals surface area (Å²) in [7, 11) is 0. The van der Waals surface area contributed by atoms with Gasteiger partial charge in [-0.25, -0.2) is 0 Å². The van der Waals surface area contributed by atoms with Crippen LogP contribution in [0.15, 0.2) is 12.2 Å². The summed E-state index contributed by atoms with van der Waals surface area (Å²) >= 11 is 0. The molecule has 9 atom stereocenters. The van der Waals surface area contributed by atoms with Crippen LogP contribution in [0.3, 0.4) is 0 Å². The maximum atomic E-state index is 13.2. The molecule has 476 valence electrons. The first kappa shape index (κ1) is 76.9. The Morgan fingerprint density at radius 3 is 1.05 bits per heavy atom. The van der Waals surface area contributed by atoms with E-state index in [2.05, 4.69) is 31.3 Å². The van der Waals surface area contributed by atoms with E-state index < -0.39 is 74.2 Å². The average molecular weight is 1140 g/mol. The van der Waals surface area contributed by atoms with Crippen molar-refractivity contribution in [2.45, 2.75) is 409 Å². The fourth-order valence-corrected chi connectivity index (χ4v) is 11.7. The van der Waals surface area contributed by atoms with Gasteiger partial charge in [0.15, 0.2) is 6.29 Å². The number of ether oxygens (including phenoxy) is 2. The SMILES string of the molecule is CCCCCCCCCCCCCC/C=C\CCCCCCCCCCCCCCCCCCC(O)C(=O)NC(COC1OC(CO)C(O)C(O)C1O)C(O)C(O)CCCCCCCCCCCCCCCCCCCCCCC. The lowest BCUT2D eigenvalue weighted by molar-refractivity contribution is -0.303. The van der Waals surface area contributed by atoms with Gasteiger partial charge in [0.05, 0.1) is 25.4 Å². The Morgan fingerprint density at radius 1 is 0.425 bits per heavy atom. The second-order valence-corrected chi connectivity index (χ2v) is 25.0. The van der Waals surface area contributed by atoms with Gasteiger partial charge in [0.1, 0.15) is 36.6 Å². The molecule has 0 aromatic heterocycles. The molecule has 1 fully saturated rings. The molecule has 1 saturated heterocycles. The normalized spacial score (nSPS) is 19.2. The molecule has 0 spiro atoms. The van der Waals surface area contributed by atoms with E-state index in [1.54, 1.807) is 0 Å². The van der Waals surface area contributed by atoms with E-state index in [1.807, 2.05) is 0 Å². The van der Waals surface area contributed by atoms with Crippen LogP contribution >= 0.6 is 0 Å². The van der Waals surface area contributed by atoms with Crippen molar-refractivity contribution in [3.63, 3.8) is 0 Å². The molecule has 1 rings (SSSR count). The van der Waals surface area contributed by atoms with E-state index in [0.717, 1.165) is 38.5 Å². The van der Waals surface area contributed by atoms with Crippen molar-refractivity contribution in [3.05, 3.63) is 12.2 Å². The highest BCUT2D eigenvalue weighted by molar-refractivity contribution is 5.80. The highest BCUT2D eigenvalue weighted by Crippen LogP contribution is 2.24. The molecular weight excluding hydrogens is 1000 g/mol. The van der Waals surface area contributed by atoms with Crippen molar-refractivity contribution in [1.29, 1.82) is 0 Å². The monoisotopic (exact) mass is 1140 g/mol. The van der Waals surface area contributed by atoms with Crippen LogP contribution < -0.4 is 5.32 Å². The number of carbonyl (C=O) groups excluding carboxylic acids is 1. The zero-order chi connectivity index (χ0) is 58.2. The maximum Gasteiger partial charge on any atom is 0.249 e. The Labute approximate surface area is 493 Å². The lowest BCUT2D eigenvalue weighted by atomic mass is 9.98. The molecule has 1 aliphatic heterocycles. The zero-order valence-corrected chi connectivity index (χ0v) is 52.6. The van der Waals surface area contributed by atoms with E-state index in [1.165, 1.54) is 276 Å². The second kappa shape index (κ2) is 58.2. The van der Waals surface area contributed by atoms with E-state index in [-0.39, 0.29) is 6.42 Å². The van der Waals surface area contributed by atoms with Gasteiger partial charge in [-0.15, -0.1) is 0 Å². The predicted octanol–water partition coefficient (Wildman–Crippen LogP) is 16.6. The summed E-state index contributed by atoms with van der Waals surface area (Å²) in [6.07, 6.45) is 60.1. The molecule has 0 aromatic rings. The molecule has 0 aromatic carbocycles. The minimum Gasteiger partial charge on any atom is -0.394 e. The van der Waals surface area contributed by atoms with Crippen LogP contribution in [0.4, 0.5) is 0 Å². The number of unbranched alkanes of at least 4 members (excludes halogenated alkanes) is 48. The van der Waals surface area contributed by atoms with E-state index in [0.29, 0.717) is 19.3 Å². The third kappa shape index (κ3) is 45.2. The van der Waals surface area contributed by atoms with Crippen molar-refractivity contribution in [2.75, 3.05) is 13.2 Å². The Bertz CT molecular complexity index is 1310. The van der Waals surface area contributed by atoms with Crippen LogP contribution in [0.25, 0.3) is 0 Å². The van der Waals surface area contributed by atoms with E-state index in [9.17, 15) is 40.5 Å². The van der Waals surface area contributed by atoms with Crippen molar-refractivity contribution >= 4 is 5.91 Å². The summed E-state index contributed by atoms with van der Waals surface area (Å²) in [5.41, 5.74) is 0. The molecule has 1 aliphatic rings. The topological polar surface area (TPSA) is 189 Å². The summed E-state index contributed by atoms with van der Waals surface area (Å²) in [6.45, 7) is 3.52. The van der Waals surface area contributed by atoms with Crippen LogP contribution in [0.2, 0.25) is 0 Å². The molecule has 11 nitrogen and oxygen atoms in total. The molecule has 0 saturated carbocycles. The van der Waals surface area contributed by atoms with Gasteiger partial charge in [0.2, 0.25) is 5.91 Å². The predicted molar refractivity (Wildman–Crippen MR) is 335 cm³/mol. The number of rotatable bonds is 62. The lowest BCUT2D eigenvalue weighted by Gasteiger charge is -2.40. The summed E-state index contributed by atoms with van der Waals surface area (Å²) < 4.78 is 11.2. The van der Waals surface area contributed by atoms with Crippen LogP contribution in [-0.2, 0) is 14.3 Å². The number of hydrogen-bond donors (Lipinski definition) is 8.